The largest absolute Gasteiger partial charge is 0.457 e. The zero-order valence-electron chi connectivity index (χ0n) is 14.7. The number of nitrogens with one attached hydrogen (secondary N) is 2. The number of carbonyl (C=O) groups excluding carboxylic acids is 1. The van der Waals surface area contributed by atoms with E-state index < -0.39 is 5.91 Å². The van der Waals surface area contributed by atoms with Crippen molar-refractivity contribution in [2.24, 2.45) is 0 Å². The third-order valence-corrected chi connectivity index (χ3v) is 4.40. The van der Waals surface area contributed by atoms with Crippen molar-refractivity contribution in [1.29, 1.82) is 5.26 Å². The fraction of sp³-hybridized carbons (Fsp3) is 0. The number of halogens is 1. The molecule has 138 valence electrons. The fourth-order valence-electron chi connectivity index (χ4n) is 2.28. The van der Waals surface area contributed by atoms with Crippen LogP contribution in [0.4, 0.5) is 11.4 Å². The molecule has 28 heavy (non-hydrogen) atoms. The van der Waals surface area contributed by atoms with Crippen LogP contribution in [-0.4, -0.2) is 5.91 Å². The first-order valence-corrected chi connectivity index (χ1v) is 9.48. The summed E-state index contributed by atoms with van der Waals surface area (Å²) in [6, 6.07) is 25.9. The lowest BCUT2D eigenvalue weighted by molar-refractivity contribution is -0.112. The molecule has 0 saturated carbocycles. The highest BCUT2D eigenvalue weighted by atomic mass is 127. The number of hydrogen-bond acceptors (Lipinski definition) is 4. The Bertz CT molecular complexity index is 1010. The van der Waals surface area contributed by atoms with Gasteiger partial charge in [-0.1, -0.05) is 18.2 Å². The highest BCUT2D eigenvalue weighted by Gasteiger charge is 2.09. The van der Waals surface area contributed by atoms with Crippen LogP contribution in [0.2, 0.25) is 0 Å². The molecule has 6 heteroatoms. The van der Waals surface area contributed by atoms with Gasteiger partial charge < -0.3 is 15.4 Å². The Morgan fingerprint density at radius 3 is 2.14 bits per heavy atom. The minimum atomic E-state index is -0.489. The summed E-state index contributed by atoms with van der Waals surface area (Å²) in [5.74, 6) is 0.897. The third-order valence-electron chi connectivity index (χ3n) is 3.68. The van der Waals surface area contributed by atoms with Crippen molar-refractivity contribution in [3.8, 4) is 17.6 Å². The van der Waals surface area contributed by atoms with Gasteiger partial charge in [0, 0.05) is 21.1 Å². The minimum Gasteiger partial charge on any atom is -0.457 e. The van der Waals surface area contributed by atoms with Crippen molar-refractivity contribution < 1.29 is 9.53 Å². The normalized spacial score (nSPS) is 10.6. The van der Waals surface area contributed by atoms with Crippen molar-refractivity contribution in [2.75, 3.05) is 10.6 Å². The third kappa shape index (κ3) is 5.59. The van der Waals surface area contributed by atoms with Crippen LogP contribution in [0.25, 0.3) is 0 Å². The van der Waals surface area contributed by atoms with Gasteiger partial charge in [0.15, 0.2) is 0 Å². The molecule has 3 rings (SSSR count). The van der Waals surface area contributed by atoms with Gasteiger partial charge in [0.1, 0.15) is 23.1 Å². The summed E-state index contributed by atoms with van der Waals surface area (Å²) in [7, 11) is 0. The Balaban J connectivity index is 1.61. The average Bonchev–Trinajstić information content (AvgIpc) is 2.72. The first-order valence-electron chi connectivity index (χ1n) is 8.41. The van der Waals surface area contributed by atoms with Crippen molar-refractivity contribution in [1.82, 2.24) is 0 Å². The summed E-state index contributed by atoms with van der Waals surface area (Å²) in [5, 5.41) is 14.9. The molecule has 0 aliphatic carbocycles. The van der Waals surface area contributed by atoms with E-state index in [0.717, 1.165) is 15.0 Å². The molecule has 0 radical (unpaired) electrons. The number of carbonyl (C=O) groups is 1. The molecular weight excluding hydrogens is 465 g/mol. The first-order chi connectivity index (χ1) is 13.6. The number of hydrogen-bond donors (Lipinski definition) is 2. The minimum absolute atomic E-state index is 0.0248. The quantitative estimate of drug-likeness (QED) is 0.276. The van der Waals surface area contributed by atoms with E-state index in [4.69, 9.17) is 4.74 Å². The van der Waals surface area contributed by atoms with Crippen molar-refractivity contribution in [3.63, 3.8) is 0 Å². The highest BCUT2D eigenvalue weighted by molar-refractivity contribution is 14.1. The predicted molar refractivity (Wildman–Crippen MR) is 118 cm³/mol. The Labute approximate surface area is 176 Å². The highest BCUT2D eigenvalue weighted by Crippen LogP contribution is 2.22. The van der Waals surface area contributed by atoms with Gasteiger partial charge in [-0.25, -0.2) is 0 Å². The maximum Gasteiger partial charge on any atom is 0.267 e. The summed E-state index contributed by atoms with van der Waals surface area (Å²) in [6.45, 7) is 0. The van der Waals surface area contributed by atoms with E-state index in [0.29, 0.717) is 11.4 Å². The molecular formula is C22H16IN3O2. The standard InChI is InChI=1S/C22H16IN3O2/c23-17-6-8-18(9-7-17)25-15-16(14-24)22(27)26-19-10-12-21(13-11-19)28-20-4-2-1-3-5-20/h1-13,15,25H,(H,26,27)/b16-15-. The molecule has 0 bridgehead atoms. The lowest BCUT2D eigenvalue weighted by Gasteiger charge is -2.08. The molecule has 0 unspecified atom stereocenters. The smallest absolute Gasteiger partial charge is 0.267 e. The molecule has 3 aromatic rings. The van der Waals surface area contributed by atoms with Gasteiger partial charge in [-0.15, -0.1) is 0 Å². The zero-order chi connectivity index (χ0) is 19.8. The van der Waals surface area contributed by atoms with Crippen molar-refractivity contribution in [2.45, 2.75) is 0 Å². The number of amides is 1. The van der Waals surface area contributed by atoms with Crippen LogP contribution in [0.1, 0.15) is 0 Å². The molecule has 3 aromatic carbocycles. The SMILES string of the molecule is N#C/C(=C/Nc1ccc(I)cc1)C(=O)Nc1ccc(Oc2ccccc2)cc1. The molecule has 0 heterocycles. The maximum atomic E-state index is 12.3. The Morgan fingerprint density at radius 1 is 0.893 bits per heavy atom. The van der Waals surface area contributed by atoms with E-state index in [1.807, 2.05) is 60.7 Å². The molecule has 0 aromatic heterocycles. The summed E-state index contributed by atoms with van der Waals surface area (Å²) >= 11 is 2.21. The molecule has 1 amide bonds. The van der Waals surface area contributed by atoms with Gasteiger partial charge >= 0.3 is 0 Å². The van der Waals surface area contributed by atoms with E-state index in [-0.39, 0.29) is 5.57 Å². The summed E-state index contributed by atoms with van der Waals surface area (Å²) in [6.07, 6.45) is 1.39. The average molecular weight is 481 g/mol. The van der Waals surface area contributed by atoms with Crippen LogP contribution in [0.5, 0.6) is 11.5 Å². The second-order valence-electron chi connectivity index (χ2n) is 5.71. The van der Waals surface area contributed by atoms with Crippen LogP contribution >= 0.6 is 22.6 Å². The van der Waals surface area contributed by atoms with E-state index in [1.54, 1.807) is 24.3 Å². The van der Waals surface area contributed by atoms with Gasteiger partial charge in [0.2, 0.25) is 0 Å². The Morgan fingerprint density at radius 2 is 1.50 bits per heavy atom. The number of nitrogens with zero attached hydrogens (tertiary/aromatic N) is 1. The summed E-state index contributed by atoms with van der Waals surface area (Å²) in [5.41, 5.74) is 1.34. The molecule has 0 spiro atoms. The second-order valence-corrected chi connectivity index (χ2v) is 6.96. The van der Waals surface area contributed by atoms with Crippen molar-refractivity contribution in [3.05, 3.63) is 94.2 Å². The molecule has 0 aliphatic rings. The predicted octanol–water partition coefficient (Wildman–Crippen LogP) is 5.54. The van der Waals surface area contributed by atoms with Gasteiger partial charge in [-0.3, -0.25) is 4.79 Å². The van der Waals surface area contributed by atoms with Crippen LogP contribution in [0.15, 0.2) is 90.6 Å². The number of rotatable bonds is 6. The first kappa shape index (κ1) is 19.5. The summed E-state index contributed by atoms with van der Waals surface area (Å²) < 4.78 is 6.82. The zero-order valence-corrected chi connectivity index (χ0v) is 16.9. The molecule has 5 nitrogen and oxygen atoms in total. The molecule has 0 fully saturated rings. The monoisotopic (exact) mass is 481 g/mol. The number of ether oxygens (including phenoxy) is 1. The van der Waals surface area contributed by atoms with E-state index in [1.165, 1.54) is 6.20 Å². The fourth-order valence-corrected chi connectivity index (χ4v) is 2.64. The van der Waals surface area contributed by atoms with E-state index in [2.05, 4.69) is 33.2 Å². The molecule has 0 saturated heterocycles. The number of anilines is 2. The topological polar surface area (TPSA) is 74.2 Å². The van der Waals surface area contributed by atoms with Crippen LogP contribution in [0.3, 0.4) is 0 Å². The van der Waals surface area contributed by atoms with Crippen LogP contribution < -0.4 is 15.4 Å². The maximum absolute atomic E-state index is 12.3. The van der Waals surface area contributed by atoms with Gasteiger partial charge in [0.25, 0.3) is 5.91 Å². The van der Waals surface area contributed by atoms with E-state index >= 15 is 0 Å². The molecule has 0 aliphatic heterocycles. The molecule has 2 N–H and O–H groups in total. The second kappa shape index (κ2) is 9.58. The van der Waals surface area contributed by atoms with Crippen LogP contribution in [0, 0.1) is 14.9 Å². The van der Waals surface area contributed by atoms with Crippen LogP contribution in [-0.2, 0) is 4.79 Å². The lowest BCUT2D eigenvalue weighted by Crippen LogP contribution is -2.14. The number of para-hydroxylation sites is 1. The van der Waals surface area contributed by atoms with Gasteiger partial charge in [-0.2, -0.15) is 5.26 Å². The Hall–Kier alpha value is -3.31. The molecule has 0 atom stereocenters. The summed E-state index contributed by atoms with van der Waals surface area (Å²) in [4.78, 5) is 12.3. The lowest BCUT2D eigenvalue weighted by atomic mass is 10.2. The Kier molecular flexibility index (Phi) is 6.65. The van der Waals surface area contributed by atoms with Crippen molar-refractivity contribution >= 4 is 39.9 Å². The van der Waals surface area contributed by atoms with E-state index in [9.17, 15) is 10.1 Å². The van der Waals surface area contributed by atoms with Gasteiger partial charge in [-0.05, 0) is 83.3 Å². The number of benzene rings is 3. The van der Waals surface area contributed by atoms with Gasteiger partial charge in [0.05, 0.1) is 0 Å². The number of nitriles is 1.